The van der Waals surface area contributed by atoms with E-state index >= 15 is 0 Å². The van der Waals surface area contributed by atoms with Gasteiger partial charge in [-0.15, -0.1) is 0 Å². The van der Waals surface area contributed by atoms with Gasteiger partial charge in [0.25, 0.3) is 5.56 Å². The minimum atomic E-state index is -0.0310. The highest BCUT2D eigenvalue weighted by molar-refractivity contribution is 5.77. The number of para-hydroxylation sites is 1. The van der Waals surface area contributed by atoms with Gasteiger partial charge in [0, 0.05) is 6.54 Å². The summed E-state index contributed by atoms with van der Waals surface area (Å²) in [4.78, 5) is 16.5. The second kappa shape index (κ2) is 4.35. The van der Waals surface area contributed by atoms with Gasteiger partial charge in [0.1, 0.15) is 5.82 Å². The highest BCUT2D eigenvalue weighted by Crippen LogP contribution is 2.06. The third-order valence-corrected chi connectivity index (χ3v) is 2.46. The Kier molecular flexibility index (Phi) is 2.90. The number of benzene rings is 1. The Labute approximate surface area is 93.9 Å². The summed E-state index contributed by atoms with van der Waals surface area (Å²) in [5.74, 6) is 0.692. The van der Waals surface area contributed by atoms with E-state index in [-0.39, 0.29) is 5.56 Å². The first-order valence-corrected chi connectivity index (χ1v) is 5.46. The Morgan fingerprint density at radius 3 is 2.88 bits per heavy atom. The Balaban J connectivity index is 2.61. The zero-order valence-corrected chi connectivity index (χ0v) is 9.53. The summed E-state index contributed by atoms with van der Waals surface area (Å²) in [5.41, 5.74) is 3.78. The van der Waals surface area contributed by atoms with Crippen molar-refractivity contribution in [1.29, 1.82) is 0 Å². The molecule has 0 aliphatic heterocycles. The van der Waals surface area contributed by atoms with E-state index in [1.807, 2.05) is 25.1 Å². The fourth-order valence-electron chi connectivity index (χ4n) is 1.65. The van der Waals surface area contributed by atoms with Crippen LogP contribution in [0.2, 0.25) is 0 Å². The minimum Gasteiger partial charge on any atom is -0.322 e. The van der Waals surface area contributed by atoms with Crippen LogP contribution in [0.15, 0.2) is 29.1 Å². The van der Waals surface area contributed by atoms with E-state index in [0.29, 0.717) is 11.2 Å². The third-order valence-electron chi connectivity index (χ3n) is 2.46. The van der Waals surface area contributed by atoms with E-state index in [1.165, 1.54) is 4.68 Å². The molecule has 0 aliphatic rings. The van der Waals surface area contributed by atoms with Gasteiger partial charge in [-0.3, -0.25) is 4.79 Å². The van der Waals surface area contributed by atoms with E-state index in [4.69, 9.17) is 0 Å². The zero-order valence-electron chi connectivity index (χ0n) is 9.53. The molecule has 16 heavy (non-hydrogen) atoms. The van der Waals surface area contributed by atoms with E-state index < -0.39 is 0 Å². The van der Waals surface area contributed by atoms with Crippen molar-refractivity contribution in [2.24, 2.45) is 0 Å². The van der Waals surface area contributed by atoms with Gasteiger partial charge in [-0.2, -0.15) is 0 Å². The molecule has 4 heteroatoms. The Morgan fingerprint density at radius 1 is 1.38 bits per heavy atom. The number of aromatic nitrogens is 2. The van der Waals surface area contributed by atoms with E-state index in [9.17, 15) is 4.79 Å². The molecule has 84 valence electrons. The van der Waals surface area contributed by atoms with Crippen molar-refractivity contribution in [3.63, 3.8) is 0 Å². The first-order valence-electron chi connectivity index (χ1n) is 5.46. The highest BCUT2D eigenvalue weighted by Gasteiger charge is 2.06. The Hall–Kier alpha value is -1.84. The molecule has 0 atom stereocenters. The number of rotatable bonds is 3. The van der Waals surface area contributed by atoms with Gasteiger partial charge >= 0.3 is 0 Å². The SMILES string of the molecule is CCCNn1c(C)nc2ccccc2c1=O. The van der Waals surface area contributed by atoms with Crippen LogP contribution in [0.4, 0.5) is 0 Å². The third kappa shape index (κ3) is 1.78. The molecule has 0 spiro atoms. The summed E-state index contributed by atoms with van der Waals surface area (Å²) >= 11 is 0. The molecule has 0 bridgehead atoms. The van der Waals surface area contributed by atoms with E-state index in [1.54, 1.807) is 6.07 Å². The summed E-state index contributed by atoms with van der Waals surface area (Å²) in [6.45, 7) is 4.65. The molecule has 2 aromatic rings. The lowest BCUT2D eigenvalue weighted by atomic mass is 10.2. The first-order chi connectivity index (χ1) is 7.74. The average Bonchev–Trinajstić information content (AvgIpc) is 2.29. The number of fused-ring (bicyclic) bond motifs is 1. The van der Waals surface area contributed by atoms with Crippen LogP contribution < -0.4 is 11.0 Å². The lowest BCUT2D eigenvalue weighted by molar-refractivity contribution is 0.740. The highest BCUT2D eigenvalue weighted by atomic mass is 16.1. The van der Waals surface area contributed by atoms with Gasteiger partial charge in [-0.1, -0.05) is 19.1 Å². The fraction of sp³-hybridized carbons (Fsp3) is 0.333. The van der Waals surface area contributed by atoms with E-state index in [0.717, 1.165) is 18.5 Å². The van der Waals surface area contributed by atoms with Crippen LogP contribution in [0.1, 0.15) is 19.2 Å². The topological polar surface area (TPSA) is 46.9 Å². The number of nitrogens with one attached hydrogen (secondary N) is 1. The van der Waals surface area contributed by atoms with Gasteiger partial charge in [0.05, 0.1) is 10.9 Å². The van der Waals surface area contributed by atoms with Crippen LogP contribution in [0.5, 0.6) is 0 Å². The second-order valence-corrected chi connectivity index (χ2v) is 3.72. The first kappa shape index (κ1) is 10.7. The van der Waals surface area contributed by atoms with Crippen molar-refractivity contribution in [2.75, 3.05) is 12.0 Å². The maximum Gasteiger partial charge on any atom is 0.279 e. The van der Waals surface area contributed by atoms with Crippen LogP contribution >= 0.6 is 0 Å². The number of hydrogen-bond acceptors (Lipinski definition) is 3. The summed E-state index contributed by atoms with van der Waals surface area (Å²) in [5, 5.41) is 0.650. The molecule has 4 nitrogen and oxygen atoms in total. The Bertz CT molecular complexity index is 560. The van der Waals surface area contributed by atoms with Crippen molar-refractivity contribution < 1.29 is 0 Å². The average molecular weight is 217 g/mol. The van der Waals surface area contributed by atoms with Crippen molar-refractivity contribution in [2.45, 2.75) is 20.3 Å². The van der Waals surface area contributed by atoms with Crippen LogP contribution in [0.25, 0.3) is 10.9 Å². The molecule has 0 aliphatic carbocycles. The van der Waals surface area contributed by atoms with Crippen molar-refractivity contribution in [1.82, 2.24) is 9.66 Å². The quantitative estimate of drug-likeness (QED) is 0.850. The zero-order chi connectivity index (χ0) is 11.5. The van der Waals surface area contributed by atoms with E-state index in [2.05, 4.69) is 17.3 Å². The van der Waals surface area contributed by atoms with Gasteiger partial charge in [-0.25, -0.2) is 9.66 Å². The predicted octanol–water partition coefficient (Wildman–Crippen LogP) is 1.66. The molecular weight excluding hydrogens is 202 g/mol. The smallest absolute Gasteiger partial charge is 0.279 e. The van der Waals surface area contributed by atoms with Gasteiger partial charge in [0.2, 0.25) is 0 Å². The van der Waals surface area contributed by atoms with Crippen molar-refractivity contribution in [3.05, 3.63) is 40.4 Å². The van der Waals surface area contributed by atoms with Gasteiger partial charge < -0.3 is 5.43 Å². The lowest BCUT2D eigenvalue weighted by Crippen LogP contribution is -2.32. The van der Waals surface area contributed by atoms with Crippen LogP contribution in [-0.2, 0) is 0 Å². The summed E-state index contributed by atoms with van der Waals surface area (Å²) in [6.07, 6.45) is 0.971. The normalized spacial score (nSPS) is 10.6. The molecule has 0 saturated heterocycles. The molecule has 0 unspecified atom stereocenters. The monoisotopic (exact) mass is 217 g/mol. The summed E-state index contributed by atoms with van der Waals surface area (Å²) in [7, 11) is 0. The molecule has 0 fully saturated rings. The van der Waals surface area contributed by atoms with Crippen LogP contribution in [-0.4, -0.2) is 16.2 Å². The minimum absolute atomic E-state index is 0.0310. The van der Waals surface area contributed by atoms with Gasteiger partial charge in [-0.05, 0) is 25.5 Å². The van der Waals surface area contributed by atoms with Crippen LogP contribution in [0.3, 0.4) is 0 Å². The molecule has 0 amide bonds. The van der Waals surface area contributed by atoms with Crippen molar-refractivity contribution in [3.8, 4) is 0 Å². The van der Waals surface area contributed by atoms with Crippen LogP contribution in [0, 0.1) is 6.92 Å². The molecule has 1 aromatic carbocycles. The second-order valence-electron chi connectivity index (χ2n) is 3.72. The Morgan fingerprint density at radius 2 is 2.12 bits per heavy atom. The summed E-state index contributed by atoms with van der Waals surface area (Å²) in [6, 6.07) is 7.39. The summed E-state index contributed by atoms with van der Waals surface area (Å²) < 4.78 is 1.52. The largest absolute Gasteiger partial charge is 0.322 e. The molecule has 0 radical (unpaired) electrons. The number of aryl methyl sites for hydroxylation is 1. The standard InChI is InChI=1S/C12H15N3O/c1-3-8-13-15-9(2)14-11-7-5-4-6-10(11)12(15)16/h4-7,13H,3,8H2,1-2H3. The molecular formula is C12H15N3O. The van der Waals surface area contributed by atoms with Gasteiger partial charge in [0.15, 0.2) is 0 Å². The molecule has 2 rings (SSSR count). The fourth-order valence-corrected chi connectivity index (χ4v) is 1.65. The molecule has 1 aromatic heterocycles. The number of hydrogen-bond donors (Lipinski definition) is 1. The number of nitrogens with zero attached hydrogens (tertiary/aromatic N) is 2. The van der Waals surface area contributed by atoms with Crippen molar-refractivity contribution >= 4 is 10.9 Å². The molecule has 1 heterocycles. The molecule has 1 N–H and O–H groups in total. The maximum absolute atomic E-state index is 12.1. The lowest BCUT2D eigenvalue weighted by Gasteiger charge is -2.11. The predicted molar refractivity (Wildman–Crippen MR) is 65.3 cm³/mol. The maximum atomic E-state index is 12.1. The molecule has 0 saturated carbocycles.